The first kappa shape index (κ1) is 33.9. The Hall–Kier alpha value is -2.30. The molecule has 0 bridgehead atoms. The zero-order valence-corrected chi connectivity index (χ0v) is 26.5. The van der Waals surface area contributed by atoms with Gasteiger partial charge in [-0.1, -0.05) is 23.7 Å². The summed E-state index contributed by atoms with van der Waals surface area (Å²) in [6.45, 7) is 11.4. The van der Waals surface area contributed by atoms with E-state index >= 15 is 0 Å². The topological polar surface area (TPSA) is 105 Å². The molecule has 1 aliphatic heterocycles. The third-order valence-electron chi connectivity index (χ3n) is 6.57. The molecule has 0 saturated carbocycles. The number of para-hydroxylation sites is 1. The zero-order valence-electron chi connectivity index (χ0n) is 23.3. The fourth-order valence-corrected chi connectivity index (χ4v) is 5.90. The van der Waals surface area contributed by atoms with Crippen molar-refractivity contribution in [2.45, 2.75) is 69.6 Å². The molecule has 3 aromatic rings. The zero-order chi connectivity index (χ0) is 27.4. The maximum absolute atomic E-state index is 12.9. The van der Waals surface area contributed by atoms with E-state index in [1.165, 1.54) is 17.3 Å². The van der Waals surface area contributed by atoms with Gasteiger partial charge in [0.05, 0.1) is 33.8 Å². The molecule has 2 aromatic carbocycles. The first-order valence-electron chi connectivity index (χ1n) is 13.0. The molecule has 40 heavy (non-hydrogen) atoms. The monoisotopic (exact) mass is 629 g/mol. The number of benzene rings is 2. The van der Waals surface area contributed by atoms with Crippen LogP contribution in [0.1, 0.15) is 57.6 Å². The fraction of sp³-hybridized carbons (Fsp3) is 0.429. The number of hydrogen-bond acceptors (Lipinski definition) is 8. The molecule has 12 heteroatoms. The van der Waals surface area contributed by atoms with E-state index in [0.717, 1.165) is 37.4 Å². The molecular weight excluding hydrogens is 593 g/mol. The van der Waals surface area contributed by atoms with Gasteiger partial charge in [0.15, 0.2) is 15.7 Å². The third kappa shape index (κ3) is 7.91. The van der Waals surface area contributed by atoms with Crippen LogP contribution in [0.4, 0.5) is 23.1 Å². The van der Waals surface area contributed by atoms with E-state index in [-0.39, 0.29) is 40.8 Å². The smallest absolute Gasteiger partial charge is 0.229 e. The molecule has 1 saturated heterocycles. The van der Waals surface area contributed by atoms with E-state index in [1.54, 1.807) is 38.1 Å². The van der Waals surface area contributed by atoms with Crippen molar-refractivity contribution in [1.29, 1.82) is 0 Å². The van der Waals surface area contributed by atoms with Crippen LogP contribution in [0.5, 0.6) is 5.75 Å². The van der Waals surface area contributed by atoms with Gasteiger partial charge in [0.2, 0.25) is 5.95 Å². The summed E-state index contributed by atoms with van der Waals surface area (Å²) in [7, 11) is -3.52. The molecule has 0 amide bonds. The highest BCUT2D eigenvalue weighted by Crippen LogP contribution is 2.37. The Morgan fingerprint density at radius 2 is 1.70 bits per heavy atom. The maximum atomic E-state index is 12.9. The molecule has 1 fully saturated rings. The standard InChI is InChI=1S/C28H36ClN5O3S.2ClH/c1-17(2)37-25-15-21(20-10-12-30-13-11-20)19(5)14-24(25)33-28-31-16-22(29)27(34-28)32-23-8-6-7-9-26(23)38(35,36)18(3)4;;/h6-9,14-18,20,30H,10-13H2,1-5H3,(H2,31,32,33,34);2*1H. The highest BCUT2D eigenvalue weighted by atomic mass is 35.5. The number of aromatic nitrogens is 2. The van der Waals surface area contributed by atoms with Gasteiger partial charge >= 0.3 is 0 Å². The van der Waals surface area contributed by atoms with E-state index in [0.29, 0.717) is 23.4 Å². The molecule has 0 atom stereocenters. The molecular formula is C28H38Cl3N5O3S. The maximum Gasteiger partial charge on any atom is 0.229 e. The van der Waals surface area contributed by atoms with E-state index in [9.17, 15) is 8.42 Å². The average molecular weight is 631 g/mol. The van der Waals surface area contributed by atoms with Crippen molar-refractivity contribution < 1.29 is 13.2 Å². The summed E-state index contributed by atoms with van der Waals surface area (Å²) in [6, 6.07) is 10.9. The van der Waals surface area contributed by atoms with Crippen molar-refractivity contribution >= 4 is 69.4 Å². The highest BCUT2D eigenvalue weighted by molar-refractivity contribution is 7.92. The summed E-state index contributed by atoms with van der Waals surface area (Å²) in [5.41, 5.74) is 3.63. The predicted octanol–water partition coefficient (Wildman–Crippen LogP) is 7.21. The van der Waals surface area contributed by atoms with Gasteiger partial charge in [-0.25, -0.2) is 13.4 Å². The molecule has 4 rings (SSSR count). The lowest BCUT2D eigenvalue weighted by atomic mass is 9.87. The molecule has 3 N–H and O–H groups in total. The van der Waals surface area contributed by atoms with Crippen LogP contribution in [-0.2, 0) is 9.84 Å². The molecule has 0 aliphatic carbocycles. The van der Waals surface area contributed by atoms with Crippen LogP contribution in [0.2, 0.25) is 5.02 Å². The lowest BCUT2D eigenvalue weighted by Gasteiger charge is -2.26. The SMILES string of the molecule is Cc1cc(Nc2ncc(Cl)c(Nc3ccccc3S(=O)(=O)C(C)C)n2)c(OC(C)C)cc1C1CCNCC1.Cl.Cl. The minimum absolute atomic E-state index is 0. The third-order valence-corrected chi connectivity index (χ3v) is 9.05. The number of anilines is 4. The molecule has 220 valence electrons. The number of halogens is 3. The van der Waals surface area contributed by atoms with Crippen molar-refractivity contribution in [2.75, 3.05) is 23.7 Å². The summed E-state index contributed by atoms with van der Waals surface area (Å²) in [4.78, 5) is 9.12. The number of nitrogens with one attached hydrogen (secondary N) is 3. The summed E-state index contributed by atoms with van der Waals surface area (Å²) in [6.07, 6.45) is 3.66. The number of hydrogen-bond donors (Lipinski definition) is 3. The van der Waals surface area contributed by atoms with E-state index in [2.05, 4.69) is 45.0 Å². The number of piperidine rings is 1. The van der Waals surface area contributed by atoms with Crippen LogP contribution in [0, 0.1) is 6.92 Å². The van der Waals surface area contributed by atoms with E-state index < -0.39 is 15.1 Å². The van der Waals surface area contributed by atoms with Crippen molar-refractivity contribution in [3.63, 3.8) is 0 Å². The van der Waals surface area contributed by atoms with Crippen LogP contribution in [0.3, 0.4) is 0 Å². The van der Waals surface area contributed by atoms with E-state index in [1.807, 2.05) is 13.8 Å². The molecule has 0 spiro atoms. The highest BCUT2D eigenvalue weighted by Gasteiger charge is 2.24. The lowest BCUT2D eigenvalue weighted by Crippen LogP contribution is -2.27. The number of nitrogens with zero attached hydrogens (tertiary/aromatic N) is 2. The summed E-state index contributed by atoms with van der Waals surface area (Å²) < 4.78 is 32.0. The van der Waals surface area contributed by atoms with Gasteiger partial charge in [-0.15, -0.1) is 24.8 Å². The van der Waals surface area contributed by atoms with Gasteiger partial charge in [-0.3, -0.25) is 0 Å². The van der Waals surface area contributed by atoms with Crippen LogP contribution in [0.25, 0.3) is 0 Å². The Morgan fingerprint density at radius 3 is 2.35 bits per heavy atom. The van der Waals surface area contributed by atoms with Crippen molar-refractivity contribution in [3.8, 4) is 5.75 Å². The normalized spacial score (nSPS) is 13.9. The quantitative estimate of drug-likeness (QED) is 0.228. The van der Waals surface area contributed by atoms with Gasteiger partial charge in [0.25, 0.3) is 0 Å². The largest absolute Gasteiger partial charge is 0.489 e. The Kier molecular flexibility index (Phi) is 12.3. The number of aryl methyl sites for hydroxylation is 1. The number of ether oxygens (including phenoxy) is 1. The first-order valence-corrected chi connectivity index (χ1v) is 14.9. The number of rotatable bonds is 9. The van der Waals surface area contributed by atoms with Crippen molar-refractivity contribution in [2.24, 2.45) is 0 Å². The van der Waals surface area contributed by atoms with Crippen LogP contribution in [0.15, 0.2) is 47.5 Å². The van der Waals surface area contributed by atoms with Crippen molar-refractivity contribution in [1.82, 2.24) is 15.3 Å². The van der Waals surface area contributed by atoms with Gasteiger partial charge in [-0.05, 0) is 102 Å². The molecule has 8 nitrogen and oxygen atoms in total. The minimum atomic E-state index is -3.52. The Labute approximate surface area is 254 Å². The van der Waals surface area contributed by atoms with Gasteiger partial charge in [0.1, 0.15) is 10.8 Å². The summed E-state index contributed by atoms with van der Waals surface area (Å²) in [5, 5.41) is 9.51. The Bertz CT molecular complexity index is 1400. The molecule has 1 aliphatic rings. The van der Waals surface area contributed by atoms with E-state index in [4.69, 9.17) is 16.3 Å². The summed E-state index contributed by atoms with van der Waals surface area (Å²) in [5.74, 6) is 1.83. The molecule has 0 radical (unpaired) electrons. The number of sulfone groups is 1. The second kappa shape index (κ2) is 14.5. The second-order valence-electron chi connectivity index (χ2n) is 10.1. The van der Waals surface area contributed by atoms with Crippen molar-refractivity contribution in [3.05, 3.63) is 58.7 Å². The lowest BCUT2D eigenvalue weighted by molar-refractivity contribution is 0.243. The predicted molar refractivity (Wildman–Crippen MR) is 169 cm³/mol. The van der Waals surface area contributed by atoms with Crippen LogP contribution in [-0.4, -0.2) is 42.8 Å². The first-order chi connectivity index (χ1) is 18.1. The van der Waals surface area contributed by atoms with Crippen LogP contribution < -0.4 is 20.7 Å². The average Bonchev–Trinajstić information content (AvgIpc) is 2.88. The Balaban J connectivity index is 0.00000280. The molecule has 1 aromatic heterocycles. The van der Waals surface area contributed by atoms with Crippen LogP contribution >= 0.6 is 36.4 Å². The van der Waals surface area contributed by atoms with Gasteiger partial charge < -0.3 is 20.7 Å². The molecule has 0 unspecified atom stereocenters. The second-order valence-corrected chi connectivity index (χ2v) is 13.0. The van der Waals surface area contributed by atoms with Gasteiger partial charge in [-0.2, -0.15) is 4.98 Å². The van der Waals surface area contributed by atoms with Gasteiger partial charge in [0, 0.05) is 0 Å². The minimum Gasteiger partial charge on any atom is -0.489 e. The molecule has 2 heterocycles. The Morgan fingerprint density at radius 1 is 1.02 bits per heavy atom. The fourth-order valence-electron chi connectivity index (χ4n) is 4.56. The summed E-state index contributed by atoms with van der Waals surface area (Å²) >= 11 is 6.42.